The second-order valence-electron chi connectivity index (χ2n) is 7.74. The zero-order valence-corrected chi connectivity index (χ0v) is 17.2. The molecule has 0 unspecified atom stereocenters. The van der Waals surface area contributed by atoms with Crippen molar-refractivity contribution < 1.29 is 19.1 Å². The minimum Gasteiger partial charge on any atom is -0.379 e. The highest BCUT2D eigenvalue weighted by Gasteiger charge is 2.32. The van der Waals surface area contributed by atoms with Crippen LogP contribution in [-0.4, -0.2) is 68.7 Å². The molecule has 1 N–H and O–H groups in total. The Kier molecular flexibility index (Phi) is 10.3. The molecular weight excluding hydrogens is 344 g/mol. The number of nitrogens with zero attached hydrogens (tertiary/aromatic N) is 1. The summed E-state index contributed by atoms with van der Waals surface area (Å²) in [6, 6.07) is 0.605. The van der Waals surface area contributed by atoms with Crippen molar-refractivity contribution in [3.8, 4) is 0 Å². The van der Waals surface area contributed by atoms with E-state index >= 15 is 0 Å². The number of likely N-dealkylation sites (tertiary alicyclic amines) is 1. The van der Waals surface area contributed by atoms with Gasteiger partial charge in [-0.2, -0.15) is 0 Å². The number of rotatable bonds is 11. The molecule has 6 nitrogen and oxygen atoms in total. The number of ketones is 1. The molecule has 0 spiro atoms. The molecular formula is C21H38N2O4. The Labute approximate surface area is 164 Å². The van der Waals surface area contributed by atoms with Crippen LogP contribution in [0.15, 0.2) is 0 Å². The fourth-order valence-corrected chi connectivity index (χ4v) is 4.33. The first kappa shape index (κ1) is 22.3. The summed E-state index contributed by atoms with van der Waals surface area (Å²) in [5.41, 5.74) is 0. The summed E-state index contributed by atoms with van der Waals surface area (Å²) < 4.78 is 10.6. The van der Waals surface area contributed by atoms with Crippen LogP contribution in [0.1, 0.15) is 58.8 Å². The van der Waals surface area contributed by atoms with E-state index in [1.54, 1.807) is 0 Å². The molecule has 1 saturated heterocycles. The van der Waals surface area contributed by atoms with Gasteiger partial charge in [0.15, 0.2) is 0 Å². The lowest BCUT2D eigenvalue weighted by Gasteiger charge is -2.40. The Balaban J connectivity index is 1.57. The van der Waals surface area contributed by atoms with Crippen LogP contribution in [0.2, 0.25) is 0 Å². The van der Waals surface area contributed by atoms with E-state index in [4.69, 9.17) is 9.47 Å². The number of carbonyl (C=O) groups excluding carboxylic acids is 2. The van der Waals surface area contributed by atoms with E-state index in [1.807, 2.05) is 13.8 Å². The molecule has 1 aliphatic heterocycles. The van der Waals surface area contributed by atoms with Gasteiger partial charge in [-0.25, -0.2) is 0 Å². The van der Waals surface area contributed by atoms with Crippen LogP contribution in [0.25, 0.3) is 0 Å². The van der Waals surface area contributed by atoms with Crippen LogP contribution < -0.4 is 5.32 Å². The van der Waals surface area contributed by atoms with E-state index < -0.39 is 0 Å². The summed E-state index contributed by atoms with van der Waals surface area (Å²) >= 11 is 0. The van der Waals surface area contributed by atoms with Crippen LogP contribution in [-0.2, 0) is 19.1 Å². The van der Waals surface area contributed by atoms with Crippen LogP contribution >= 0.6 is 0 Å². The molecule has 2 aliphatic rings. The Morgan fingerprint density at radius 3 is 2.19 bits per heavy atom. The summed E-state index contributed by atoms with van der Waals surface area (Å²) in [4.78, 5) is 26.7. The van der Waals surface area contributed by atoms with E-state index in [1.165, 1.54) is 0 Å². The molecule has 0 radical (unpaired) electrons. The SMILES string of the molecule is CCOCCOCCNC(=O)C1CCN([C@H]2CC[C@H](C(=O)CC)CC2)CC1. The molecule has 2 fully saturated rings. The second-order valence-corrected chi connectivity index (χ2v) is 7.74. The molecule has 2 rings (SSSR count). The standard InChI is InChI=1S/C21H38N2O4/c1-3-20(24)17-5-7-19(8-6-17)23-12-9-18(10-13-23)21(25)22-11-14-27-16-15-26-4-2/h17-19H,3-16H2,1-2H3,(H,22,25)/t17-,19-. The number of carbonyl (C=O) groups is 2. The number of ether oxygens (including phenoxy) is 2. The summed E-state index contributed by atoms with van der Waals surface area (Å²) in [6.45, 7) is 8.93. The van der Waals surface area contributed by atoms with Gasteiger partial charge in [-0.15, -0.1) is 0 Å². The number of Topliss-reactive ketones (excluding diaryl/α,β-unsaturated/α-hetero) is 1. The van der Waals surface area contributed by atoms with E-state index in [9.17, 15) is 9.59 Å². The van der Waals surface area contributed by atoms with Gasteiger partial charge in [0.1, 0.15) is 5.78 Å². The zero-order chi connectivity index (χ0) is 19.5. The lowest BCUT2D eigenvalue weighted by atomic mass is 9.81. The van der Waals surface area contributed by atoms with E-state index in [0.29, 0.717) is 57.1 Å². The van der Waals surface area contributed by atoms with Crippen molar-refractivity contribution in [2.24, 2.45) is 11.8 Å². The topological polar surface area (TPSA) is 67.9 Å². The predicted molar refractivity (Wildman–Crippen MR) is 106 cm³/mol. The molecule has 156 valence electrons. The molecule has 27 heavy (non-hydrogen) atoms. The van der Waals surface area contributed by atoms with Crippen molar-refractivity contribution in [1.29, 1.82) is 0 Å². The maximum absolute atomic E-state index is 12.3. The zero-order valence-electron chi connectivity index (χ0n) is 17.2. The smallest absolute Gasteiger partial charge is 0.223 e. The molecule has 0 atom stereocenters. The van der Waals surface area contributed by atoms with Gasteiger partial charge in [-0.3, -0.25) is 9.59 Å². The third-order valence-corrected chi connectivity index (χ3v) is 6.04. The minimum absolute atomic E-state index is 0.127. The highest BCUT2D eigenvalue weighted by atomic mass is 16.5. The van der Waals surface area contributed by atoms with Gasteiger partial charge in [-0.05, 0) is 58.5 Å². The molecule has 0 aromatic carbocycles. The Morgan fingerprint density at radius 2 is 1.56 bits per heavy atom. The monoisotopic (exact) mass is 382 g/mol. The van der Waals surface area contributed by atoms with Gasteiger partial charge >= 0.3 is 0 Å². The molecule has 0 aromatic rings. The van der Waals surface area contributed by atoms with Crippen LogP contribution in [0.3, 0.4) is 0 Å². The third-order valence-electron chi connectivity index (χ3n) is 6.04. The highest BCUT2D eigenvalue weighted by molar-refractivity contribution is 5.80. The predicted octanol–water partition coefficient (Wildman–Crippen LogP) is 2.41. The van der Waals surface area contributed by atoms with E-state index in [2.05, 4.69) is 10.2 Å². The number of hydrogen-bond acceptors (Lipinski definition) is 5. The van der Waals surface area contributed by atoms with Crippen molar-refractivity contribution in [2.45, 2.75) is 64.8 Å². The first-order valence-electron chi connectivity index (χ1n) is 10.9. The quantitative estimate of drug-likeness (QED) is 0.556. The molecule has 0 bridgehead atoms. The van der Waals surface area contributed by atoms with E-state index in [0.717, 1.165) is 51.6 Å². The number of amides is 1. The Hall–Kier alpha value is -0.980. The molecule has 1 saturated carbocycles. The summed E-state index contributed by atoms with van der Waals surface area (Å²) in [6.07, 6.45) is 6.89. The molecule has 1 aliphatic carbocycles. The lowest BCUT2D eigenvalue weighted by Crippen LogP contribution is -2.46. The van der Waals surface area contributed by atoms with Gasteiger partial charge in [0.05, 0.1) is 19.8 Å². The normalized spacial score (nSPS) is 24.7. The number of piperidine rings is 1. The summed E-state index contributed by atoms with van der Waals surface area (Å²) in [5.74, 6) is 1.03. The Morgan fingerprint density at radius 1 is 0.889 bits per heavy atom. The van der Waals surface area contributed by atoms with Crippen molar-refractivity contribution >= 4 is 11.7 Å². The second kappa shape index (κ2) is 12.5. The average molecular weight is 383 g/mol. The van der Waals surface area contributed by atoms with Crippen LogP contribution in [0, 0.1) is 11.8 Å². The summed E-state index contributed by atoms with van der Waals surface area (Å²) in [7, 11) is 0. The van der Waals surface area contributed by atoms with Crippen molar-refractivity contribution in [3.05, 3.63) is 0 Å². The first-order chi connectivity index (χ1) is 13.2. The van der Waals surface area contributed by atoms with Crippen molar-refractivity contribution in [3.63, 3.8) is 0 Å². The maximum atomic E-state index is 12.3. The fraction of sp³-hybridized carbons (Fsp3) is 0.905. The summed E-state index contributed by atoms with van der Waals surface area (Å²) in [5, 5.41) is 3.00. The van der Waals surface area contributed by atoms with Crippen LogP contribution in [0.4, 0.5) is 0 Å². The van der Waals surface area contributed by atoms with Gasteiger partial charge in [0, 0.05) is 37.5 Å². The first-order valence-corrected chi connectivity index (χ1v) is 10.9. The Bertz CT molecular complexity index is 441. The van der Waals surface area contributed by atoms with Gasteiger partial charge in [0.25, 0.3) is 0 Å². The van der Waals surface area contributed by atoms with Crippen molar-refractivity contribution in [1.82, 2.24) is 10.2 Å². The van der Waals surface area contributed by atoms with Crippen LogP contribution in [0.5, 0.6) is 0 Å². The fourth-order valence-electron chi connectivity index (χ4n) is 4.33. The highest BCUT2D eigenvalue weighted by Crippen LogP contribution is 2.31. The molecule has 1 amide bonds. The largest absolute Gasteiger partial charge is 0.379 e. The average Bonchev–Trinajstić information content (AvgIpc) is 2.72. The number of hydrogen-bond donors (Lipinski definition) is 1. The van der Waals surface area contributed by atoms with Gasteiger partial charge in [-0.1, -0.05) is 6.92 Å². The number of nitrogens with one attached hydrogen (secondary N) is 1. The third kappa shape index (κ3) is 7.51. The van der Waals surface area contributed by atoms with Gasteiger partial charge in [0.2, 0.25) is 5.91 Å². The van der Waals surface area contributed by atoms with E-state index in [-0.39, 0.29) is 11.8 Å². The molecule has 0 aromatic heterocycles. The minimum atomic E-state index is 0.127. The molecule has 1 heterocycles. The lowest BCUT2D eigenvalue weighted by molar-refractivity contribution is -0.127. The van der Waals surface area contributed by atoms with Gasteiger partial charge < -0.3 is 19.7 Å². The molecule has 6 heteroatoms. The van der Waals surface area contributed by atoms with Crippen molar-refractivity contribution in [2.75, 3.05) is 46.1 Å². The maximum Gasteiger partial charge on any atom is 0.223 e.